The molecular formula is C16H14Cl2N4OS2. The van der Waals surface area contributed by atoms with Gasteiger partial charge in [0.15, 0.2) is 10.6 Å². The summed E-state index contributed by atoms with van der Waals surface area (Å²) >= 11 is 18.6. The van der Waals surface area contributed by atoms with Crippen LogP contribution in [0.3, 0.4) is 0 Å². The van der Waals surface area contributed by atoms with Crippen LogP contribution >= 0.6 is 46.8 Å². The van der Waals surface area contributed by atoms with Crippen LogP contribution in [0.1, 0.15) is 4.88 Å². The van der Waals surface area contributed by atoms with Gasteiger partial charge in [-0.2, -0.15) is 5.10 Å². The van der Waals surface area contributed by atoms with Gasteiger partial charge in [-0.1, -0.05) is 23.2 Å². The normalized spacial score (nSPS) is 10.8. The van der Waals surface area contributed by atoms with Crippen LogP contribution in [0.5, 0.6) is 0 Å². The fourth-order valence-corrected chi connectivity index (χ4v) is 3.76. The maximum Gasteiger partial charge on any atom is 0.242 e. The van der Waals surface area contributed by atoms with Crippen molar-refractivity contribution in [3.8, 4) is 11.4 Å². The average molecular weight is 413 g/mol. The Bertz CT molecular complexity index is 946. The number of thiophene rings is 1. The van der Waals surface area contributed by atoms with Gasteiger partial charge in [-0.3, -0.25) is 14.5 Å². The summed E-state index contributed by atoms with van der Waals surface area (Å²) in [7, 11) is 1.75. The molecule has 1 aromatic carbocycles. The molecule has 2 heterocycles. The number of amides is 1. The molecule has 1 N–H and O–H groups in total. The number of nitrogens with one attached hydrogen (secondary N) is 1. The number of carbonyl (C=O) groups excluding carboxylic acids is 1. The molecule has 25 heavy (non-hydrogen) atoms. The van der Waals surface area contributed by atoms with Crippen molar-refractivity contribution in [2.75, 3.05) is 7.05 Å². The molecule has 0 aliphatic carbocycles. The van der Waals surface area contributed by atoms with Crippen molar-refractivity contribution in [1.82, 2.24) is 19.7 Å². The van der Waals surface area contributed by atoms with E-state index in [0.29, 0.717) is 26.5 Å². The van der Waals surface area contributed by atoms with Gasteiger partial charge in [0.1, 0.15) is 6.54 Å². The lowest BCUT2D eigenvalue weighted by atomic mass is 10.2. The van der Waals surface area contributed by atoms with Crippen molar-refractivity contribution < 1.29 is 4.79 Å². The highest BCUT2D eigenvalue weighted by Crippen LogP contribution is 2.23. The van der Waals surface area contributed by atoms with Crippen LogP contribution in [0, 0.1) is 4.77 Å². The lowest BCUT2D eigenvalue weighted by Crippen LogP contribution is -2.29. The summed E-state index contributed by atoms with van der Waals surface area (Å²) in [5, 5.41) is 7.61. The Hall–Kier alpha value is -1.67. The number of aromatic nitrogens is 3. The van der Waals surface area contributed by atoms with Crippen LogP contribution in [0.25, 0.3) is 11.4 Å². The van der Waals surface area contributed by atoms with Crippen LogP contribution in [-0.2, 0) is 17.9 Å². The van der Waals surface area contributed by atoms with E-state index in [2.05, 4.69) is 10.2 Å². The quantitative estimate of drug-likeness (QED) is 0.621. The third kappa shape index (κ3) is 4.30. The third-order valence-electron chi connectivity index (χ3n) is 3.60. The van der Waals surface area contributed by atoms with Crippen molar-refractivity contribution >= 4 is 52.7 Å². The predicted molar refractivity (Wildman–Crippen MR) is 104 cm³/mol. The molecule has 0 bridgehead atoms. The Morgan fingerprint density at radius 2 is 2.00 bits per heavy atom. The van der Waals surface area contributed by atoms with Gasteiger partial charge < -0.3 is 4.90 Å². The SMILES string of the molecule is CN(Cc1ccc(Cl)s1)C(=O)Cn1c(-c2ccc(Cl)cc2)n[nH]c1=S. The fourth-order valence-electron chi connectivity index (χ4n) is 2.30. The highest BCUT2D eigenvalue weighted by Gasteiger charge is 2.16. The molecule has 0 unspecified atom stereocenters. The van der Waals surface area contributed by atoms with Crippen molar-refractivity contribution in [3.05, 3.63) is 55.4 Å². The lowest BCUT2D eigenvalue weighted by molar-refractivity contribution is -0.131. The van der Waals surface area contributed by atoms with Crippen LogP contribution in [0.15, 0.2) is 36.4 Å². The van der Waals surface area contributed by atoms with Crippen LogP contribution in [0.2, 0.25) is 9.36 Å². The van der Waals surface area contributed by atoms with Gasteiger partial charge in [0.25, 0.3) is 0 Å². The largest absolute Gasteiger partial charge is 0.339 e. The van der Waals surface area contributed by atoms with Crippen molar-refractivity contribution in [2.24, 2.45) is 0 Å². The number of nitrogens with zero attached hydrogens (tertiary/aromatic N) is 3. The van der Waals surface area contributed by atoms with Crippen LogP contribution in [0.4, 0.5) is 0 Å². The third-order valence-corrected chi connectivity index (χ3v) is 5.38. The molecule has 0 fully saturated rings. The Morgan fingerprint density at radius 1 is 1.28 bits per heavy atom. The smallest absolute Gasteiger partial charge is 0.242 e. The summed E-state index contributed by atoms with van der Waals surface area (Å²) < 4.78 is 2.78. The molecule has 1 amide bonds. The molecule has 0 atom stereocenters. The maximum atomic E-state index is 12.6. The zero-order valence-corrected chi connectivity index (χ0v) is 16.3. The Labute approximate surface area is 163 Å². The molecule has 3 rings (SSSR count). The molecule has 2 aromatic heterocycles. The fraction of sp³-hybridized carbons (Fsp3) is 0.188. The van der Waals surface area contributed by atoms with E-state index in [9.17, 15) is 4.79 Å². The molecule has 0 saturated carbocycles. The first kappa shape index (κ1) is 18.1. The van der Waals surface area contributed by atoms with E-state index < -0.39 is 0 Å². The van der Waals surface area contributed by atoms with Crippen molar-refractivity contribution in [1.29, 1.82) is 0 Å². The summed E-state index contributed by atoms with van der Waals surface area (Å²) in [6.45, 7) is 0.598. The topological polar surface area (TPSA) is 53.9 Å². The number of halogens is 2. The molecular weight excluding hydrogens is 399 g/mol. The Balaban J connectivity index is 1.78. The van der Waals surface area contributed by atoms with E-state index in [4.69, 9.17) is 35.4 Å². The van der Waals surface area contributed by atoms with Crippen LogP contribution in [-0.4, -0.2) is 32.6 Å². The number of carbonyl (C=O) groups is 1. The van der Waals surface area contributed by atoms with E-state index >= 15 is 0 Å². The van der Waals surface area contributed by atoms with Gasteiger partial charge in [-0.15, -0.1) is 11.3 Å². The first-order valence-corrected chi connectivity index (χ1v) is 9.31. The Kier molecular flexibility index (Phi) is 5.58. The summed E-state index contributed by atoms with van der Waals surface area (Å²) in [6.07, 6.45) is 0. The summed E-state index contributed by atoms with van der Waals surface area (Å²) in [5.41, 5.74) is 0.831. The van der Waals surface area contributed by atoms with Crippen molar-refractivity contribution in [2.45, 2.75) is 13.1 Å². The first-order valence-electron chi connectivity index (χ1n) is 7.33. The Morgan fingerprint density at radius 3 is 2.64 bits per heavy atom. The zero-order valence-electron chi connectivity index (χ0n) is 13.2. The first-order chi connectivity index (χ1) is 11.9. The molecule has 130 valence electrons. The molecule has 5 nitrogen and oxygen atoms in total. The van der Waals surface area contributed by atoms with Gasteiger partial charge >= 0.3 is 0 Å². The monoisotopic (exact) mass is 412 g/mol. The van der Waals surface area contributed by atoms with E-state index in [1.54, 1.807) is 28.6 Å². The minimum absolute atomic E-state index is 0.0720. The van der Waals surface area contributed by atoms with E-state index in [-0.39, 0.29) is 12.5 Å². The molecule has 9 heteroatoms. The average Bonchev–Trinajstić information content (AvgIpc) is 3.15. The summed E-state index contributed by atoms with van der Waals surface area (Å²) in [4.78, 5) is 15.2. The second kappa shape index (κ2) is 7.70. The van der Waals surface area contributed by atoms with Gasteiger partial charge in [-0.05, 0) is 48.6 Å². The maximum absolute atomic E-state index is 12.6. The standard InChI is InChI=1S/C16H14Cl2N4OS2/c1-21(8-12-6-7-13(18)25-12)14(23)9-22-15(19-20-16(22)24)10-2-4-11(17)5-3-10/h2-7H,8-9H2,1H3,(H,20,24). The predicted octanol–water partition coefficient (Wildman–Crippen LogP) is 4.63. The molecule has 0 spiro atoms. The zero-order chi connectivity index (χ0) is 18.0. The molecule has 0 aliphatic heterocycles. The number of H-pyrrole nitrogens is 1. The number of rotatable bonds is 5. The molecule has 3 aromatic rings. The number of likely N-dealkylation sites (N-methyl/N-ethyl adjacent to an activating group) is 1. The number of aromatic amines is 1. The van der Waals surface area contributed by atoms with E-state index in [1.165, 1.54) is 11.3 Å². The number of benzene rings is 1. The number of hydrogen-bond acceptors (Lipinski definition) is 4. The van der Waals surface area contributed by atoms with E-state index in [1.807, 2.05) is 24.3 Å². The van der Waals surface area contributed by atoms with Gasteiger partial charge in [0, 0.05) is 22.5 Å². The van der Waals surface area contributed by atoms with Crippen molar-refractivity contribution in [3.63, 3.8) is 0 Å². The molecule has 0 saturated heterocycles. The summed E-state index contributed by atoms with van der Waals surface area (Å²) in [5.74, 6) is 0.528. The van der Waals surface area contributed by atoms with E-state index in [0.717, 1.165) is 10.4 Å². The van der Waals surface area contributed by atoms with Crippen LogP contribution < -0.4 is 0 Å². The minimum atomic E-state index is -0.0720. The second-order valence-electron chi connectivity index (χ2n) is 5.40. The lowest BCUT2D eigenvalue weighted by Gasteiger charge is -2.17. The van der Waals surface area contributed by atoms with Gasteiger partial charge in [0.05, 0.1) is 10.9 Å². The minimum Gasteiger partial charge on any atom is -0.339 e. The summed E-state index contributed by atoms with van der Waals surface area (Å²) in [6, 6.07) is 11.0. The molecule has 0 radical (unpaired) electrons. The van der Waals surface area contributed by atoms with Gasteiger partial charge in [0.2, 0.25) is 5.91 Å². The number of hydrogen-bond donors (Lipinski definition) is 1. The second-order valence-corrected chi connectivity index (χ2v) is 8.02. The van der Waals surface area contributed by atoms with Gasteiger partial charge in [-0.25, -0.2) is 0 Å². The highest BCUT2D eigenvalue weighted by molar-refractivity contribution is 7.71. The highest BCUT2D eigenvalue weighted by atomic mass is 35.5. The molecule has 0 aliphatic rings.